The van der Waals surface area contributed by atoms with E-state index in [1.807, 2.05) is 29.8 Å². The minimum absolute atomic E-state index is 0.208. The van der Waals surface area contributed by atoms with Crippen molar-refractivity contribution in [2.24, 2.45) is 0 Å². The van der Waals surface area contributed by atoms with Crippen LogP contribution in [-0.4, -0.2) is 45.8 Å². The van der Waals surface area contributed by atoms with Gasteiger partial charge in [-0.3, -0.25) is 9.36 Å². The highest BCUT2D eigenvalue weighted by molar-refractivity contribution is 7.89. The van der Waals surface area contributed by atoms with Gasteiger partial charge in [-0.1, -0.05) is 18.2 Å². The minimum Gasteiger partial charge on any atom is -0.351 e. The molecule has 9 heteroatoms. The summed E-state index contributed by atoms with van der Waals surface area (Å²) in [6, 6.07) is 11.2. The number of rotatable bonds is 6. The van der Waals surface area contributed by atoms with E-state index in [-0.39, 0.29) is 17.3 Å². The molecule has 0 bridgehead atoms. The lowest BCUT2D eigenvalue weighted by Gasteiger charge is -2.23. The first kappa shape index (κ1) is 20.2. The number of pyridine rings is 1. The van der Waals surface area contributed by atoms with Crippen LogP contribution in [0.1, 0.15) is 24.2 Å². The van der Waals surface area contributed by atoms with Crippen molar-refractivity contribution in [3.63, 3.8) is 0 Å². The molecule has 4 rings (SSSR count). The van der Waals surface area contributed by atoms with Crippen LogP contribution < -0.4 is 5.32 Å². The van der Waals surface area contributed by atoms with E-state index in [2.05, 4.69) is 15.3 Å². The molecular formula is C21H23N5O3S. The van der Waals surface area contributed by atoms with Crippen LogP contribution in [0.3, 0.4) is 0 Å². The van der Waals surface area contributed by atoms with Crippen LogP contribution in [0.25, 0.3) is 5.82 Å². The first-order valence-corrected chi connectivity index (χ1v) is 11.2. The number of hydrogen-bond donors (Lipinski definition) is 1. The maximum Gasteiger partial charge on any atom is 0.243 e. The molecule has 0 unspecified atom stereocenters. The van der Waals surface area contributed by atoms with Crippen molar-refractivity contribution in [1.29, 1.82) is 0 Å². The summed E-state index contributed by atoms with van der Waals surface area (Å²) in [5, 5.41) is 2.88. The van der Waals surface area contributed by atoms with Crippen LogP contribution in [0.2, 0.25) is 0 Å². The fraction of sp³-hybridized carbons (Fsp3) is 0.286. The van der Waals surface area contributed by atoms with Crippen molar-refractivity contribution in [3.8, 4) is 5.82 Å². The molecule has 2 aromatic heterocycles. The number of carbonyl (C=O) groups is 1. The third-order valence-electron chi connectivity index (χ3n) is 5.21. The molecule has 1 atom stereocenters. The summed E-state index contributed by atoms with van der Waals surface area (Å²) in [6.07, 6.45) is 6.37. The van der Waals surface area contributed by atoms with Gasteiger partial charge < -0.3 is 5.32 Å². The number of nitrogens with one attached hydrogen (secondary N) is 1. The summed E-state index contributed by atoms with van der Waals surface area (Å²) in [5.41, 5.74) is 0.872. The normalized spacial score (nSPS) is 17.2. The molecule has 156 valence electrons. The fourth-order valence-corrected chi connectivity index (χ4v) is 5.32. The Bertz CT molecular complexity index is 1140. The minimum atomic E-state index is -3.70. The second-order valence-electron chi connectivity index (χ2n) is 7.17. The fourth-order valence-electron chi connectivity index (χ4n) is 3.65. The zero-order valence-electron chi connectivity index (χ0n) is 16.6. The third-order valence-corrected chi connectivity index (χ3v) is 7.13. The Morgan fingerprint density at radius 1 is 1.17 bits per heavy atom. The average Bonchev–Trinajstić information content (AvgIpc) is 3.42. The Hall–Kier alpha value is -3.04. The highest BCUT2D eigenvalue weighted by Gasteiger charge is 2.39. The second kappa shape index (κ2) is 8.37. The molecule has 0 spiro atoms. The Labute approximate surface area is 175 Å². The van der Waals surface area contributed by atoms with Crippen molar-refractivity contribution in [2.45, 2.75) is 37.2 Å². The number of sulfonamides is 1. The molecule has 1 N–H and O–H groups in total. The molecule has 1 aromatic carbocycles. The number of imidazole rings is 1. The Morgan fingerprint density at radius 3 is 2.70 bits per heavy atom. The summed E-state index contributed by atoms with van der Waals surface area (Å²) in [4.78, 5) is 21.6. The third kappa shape index (κ3) is 3.99. The lowest BCUT2D eigenvalue weighted by atomic mass is 10.2. The molecule has 1 aliphatic heterocycles. The van der Waals surface area contributed by atoms with Crippen molar-refractivity contribution in [3.05, 3.63) is 72.4 Å². The summed E-state index contributed by atoms with van der Waals surface area (Å²) in [7, 11) is -3.70. The highest BCUT2D eigenvalue weighted by Crippen LogP contribution is 2.26. The summed E-state index contributed by atoms with van der Waals surface area (Å²) in [6.45, 7) is 2.52. The Balaban J connectivity index is 1.46. The van der Waals surface area contributed by atoms with Gasteiger partial charge in [0, 0.05) is 31.7 Å². The predicted octanol–water partition coefficient (Wildman–Crippen LogP) is 2.05. The summed E-state index contributed by atoms with van der Waals surface area (Å²) < 4.78 is 29.1. The standard InChI is InChI=1S/C21H23N5O3S/c1-16-22-11-13-25(16)20-14-17(9-10-23-20)15-24-21(27)19-8-5-12-26(19)30(28,29)18-6-3-2-4-7-18/h2-4,6-7,9-11,13-14,19H,5,8,12,15H2,1H3,(H,24,27)/t19-/m1/s1. The first-order valence-electron chi connectivity index (χ1n) is 9.77. The Morgan fingerprint density at radius 2 is 1.97 bits per heavy atom. The number of nitrogens with zero attached hydrogens (tertiary/aromatic N) is 4. The molecule has 0 radical (unpaired) electrons. The molecule has 30 heavy (non-hydrogen) atoms. The molecule has 1 fully saturated rings. The van der Waals surface area contributed by atoms with Gasteiger partial charge >= 0.3 is 0 Å². The molecular weight excluding hydrogens is 402 g/mol. The molecule has 8 nitrogen and oxygen atoms in total. The van der Waals surface area contributed by atoms with Crippen LogP contribution in [0, 0.1) is 6.92 Å². The van der Waals surface area contributed by atoms with E-state index in [1.54, 1.807) is 42.7 Å². The van der Waals surface area contributed by atoms with Crippen molar-refractivity contribution >= 4 is 15.9 Å². The van der Waals surface area contributed by atoms with Crippen LogP contribution in [0.15, 0.2) is 66.0 Å². The maximum atomic E-state index is 13.0. The molecule has 0 aliphatic carbocycles. The van der Waals surface area contributed by atoms with Crippen LogP contribution in [0.5, 0.6) is 0 Å². The molecule has 0 saturated carbocycles. The largest absolute Gasteiger partial charge is 0.351 e. The first-order chi connectivity index (χ1) is 14.5. The quantitative estimate of drug-likeness (QED) is 0.652. The number of aromatic nitrogens is 3. The number of benzene rings is 1. The molecule has 3 heterocycles. The molecule has 1 aliphatic rings. The lowest BCUT2D eigenvalue weighted by molar-refractivity contribution is -0.124. The van der Waals surface area contributed by atoms with Gasteiger partial charge in [0.05, 0.1) is 4.90 Å². The van der Waals surface area contributed by atoms with Crippen molar-refractivity contribution in [1.82, 2.24) is 24.2 Å². The number of amides is 1. The van der Waals surface area contributed by atoms with E-state index < -0.39 is 16.1 Å². The average molecular weight is 426 g/mol. The summed E-state index contributed by atoms with van der Waals surface area (Å²) in [5.74, 6) is 1.24. The van der Waals surface area contributed by atoms with Gasteiger partial charge in [-0.2, -0.15) is 4.31 Å². The zero-order chi connectivity index (χ0) is 21.1. The van der Waals surface area contributed by atoms with Gasteiger partial charge in [0.2, 0.25) is 15.9 Å². The van der Waals surface area contributed by atoms with Gasteiger partial charge in [-0.25, -0.2) is 18.4 Å². The van der Waals surface area contributed by atoms with E-state index in [0.29, 0.717) is 25.2 Å². The van der Waals surface area contributed by atoms with Gasteiger partial charge in [-0.05, 0) is 49.6 Å². The number of hydrogen-bond acceptors (Lipinski definition) is 5. The van der Waals surface area contributed by atoms with Crippen LogP contribution in [-0.2, 0) is 21.4 Å². The van der Waals surface area contributed by atoms with Crippen LogP contribution >= 0.6 is 0 Å². The Kier molecular flexibility index (Phi) is 5.65. The van der Waals surface area contributed by atoms with Gasteiger partial charge in [0.15, 0.2) is 0 Å². The number of aryl methyl sites for hydroxylation is 1. The number of carbonyl (C=O) groups excluding carboxylic acids is 1. The molecule has 3 aromatic rings. The molecule has 1 saturated heterocycles. The van der Waals surface area contributed by atoms with Gasteiger partial charge in [0.25, 0.3) is 0 Å². The zero-order valence-corrected chi connectivity index (χ0v) is 17.4. The smallest absolute Gasteiger partial charge is 0.243 e. The van der Waals surface area contributed by atoms with E-state index in [4.69, 9.17) is 0 Å². The topological polar surface area (TPSA) is 97.2 Å². The van der Waals surface area contributed by atoms with Crippen molar-refractivity contribution in [2.75, 3.05) is 6.54 Å². The van der Waals surface area contributed by atoms with Crippen molar-refractivity contribution < 1.29 is 13.2 Å². The van der Waals surface area contributed by atoms with E-state index in [9.17, 15) is 13.2 Å². The summed E-state index contributed by atoms with van der Waals surface area (Å²) >= 11 is 0. The van der Waals surface area contributed by atoms with Crippen LogP contribution in [0.4, 0.5) is 0 Å². The monoisotopic (exact) mass is 425 g/mol. The highest BCUT2D eigenvalue weighted by atomic mass is 32.2. The maximum absolute atomic E-state index is 13.0. The van der Waals surface area contributed by atoms with Gasteiger partial charge in [0.1, 0.15) is 17.7 Å². The second-order valence-corrected chi connectivity index (χ2v) is 9.06. The predicted molar refractivity (Wildman–Crippen MR) is 111 cm³/mol. The van der Waals surface area contributed by atoms with E-state index in [0.717, 1.165) is 11.4 Å². The van der Waals surface area contributed by atoms with E-state index >= 15 is 0 Å². The van der Waals surface area contributed by atoms with E-state index in [1.165, 1.54) is 4.31 Å². The van der Waals surface area contributed by atoms with Gasteiger partial charge in [-0.15, -0.1) is 0 Å². The lowest BCUT2D eigenvalue weighted by Crippen LogP contribution is -2.45. The SMILES string of the molecule is Cc1nccn1-c1cc(CNC(=O)[C@H]2CCCN2S(=O)(=O)c2ccccc2)ccn1. The molecule has 1 amide bonds.